The molecular weight excluding hydrogens is 308 g/mol. The van der Waals surface area contributed by atoms with Crippen LogP contribution in [-0.4, -0.2) is 24.9 Å². The van der Waals surface area contributed by atoms with Gasteiger partial charge in [0.05, 0.1) is 12.1 Å². The van der Waals surface area contributed by atoms with Crippen LogP contribution in [-0.2, 0) is 4.79 Å². The first-order valence-electron chi connectivity index (χ1n) is 6.44. The third-order valence-electron chi connectivity index (χ3n) is 2.63. The van der Waals surface area contributed by atoms with E-state index in [0.717, 1.165) is 23.7 Å². The molecule has 0 unspecified atom stereocenters. The van der Waals surface area contributed by atoms with Gasteiger partial charge in [-0.1, -0.05) is 31.9 Å². The molecule has 2 amide bonds. The summed E-state index contributed by atoms with van der Waals surface area (Å²) in [6, 6.07) is 7.12. The van der Waals surface area contributed by atoms with Gasteiger partial charge in [-0.2, -0.15) is 0 Å². The molecule has 0 saturated carbocycles. The summed E-state index contributed by atoms with van der Waals surface area (Å²) >= 11 is 3.30. The van der Waals surface area contributed by atoms with Gasteiger partial charge in [-0.25, -0.2) is 0 Å². The predicted molar refractivity (Wildman–Crippen MR) is 79.0 cm³/mol. The fraction of sp³-hybridized carbons (Fsp3) is 0.429. The van der Waals surface area contributed by atoms with Crippen LogP contribution in [0.3, 0.4) is 0 Å². The minimum Gasteiger partial charge on any atom is -0.355 e. The fourth-order valence-electron chi connectivity index (χ4n) is 1.57. The third-order valence-corrected chi connectivity index (χ3v) is 3.32. The molecule has 4 nitrogen and oxygen atoms in total. The van der Waals surface area contributed by atoms with E-state index in [-0.39, 0.29) is 18.4 Å². The minimum atomic E-state index is -0.254. The number of amides is 2. The summed E-state index contributed by atoms with van der Waals surface area (Å²) in [6.07, 6.45) is 3.19. The van der Waals surface area contributed by atoms with Crippen molar-refractivity contribution in [1.29, 1.82) is 0 Å². The average molecular weight is 327 g/mol. The van der Waals surface area contributed by atoms with Crippen LogP contribution in [0.5, 0.6) is 0 Å². The zero-order valence-corrected chi connectivity index (χ0v) is 12.6. The molecular formula is C14H19BrN2O2. The van der Waals surface area contributed by atoms with Gasteiger partial charge in [-0.3, -0.25) is 9.59 Å². The number of carbonyl (C=O) groups is 2. The maximum Gasteiger partial charge on any atom is 0.252 e. The van der Waals surface area contributed by atoms with Gasteiger partial charge < -0.3 is 10.6 Å². The second-order valence-electron chi connectivity index (χ2n) is 4.22. The smallest absolute Gasteiger partial charge is 0.252 e. The number of unbranched alkanes of at least 4 members (excludes halogenated alkanes) is 2. The molecule has 19 heavy (non-hydrogen) atoms. The fourth-order valence-corrected chi connectivity index (χ4v) is 2.03. The molecule has 1 aromatic carbocycles. The molecule has 0 spiro atoms. The zero-order valence-electron chi connectivity index (χ0n) is 11.0. The van der Waals surface area contributed by atoms with Crippen LogP contribution >= 0.6 is 15.9 Å². The third kappa shape index (κ3) is 5.87. The summed E-state index contributed by atoms with van der Waals surface area (Å²) in [5.74, 6) is -0.410. The molecule has 0 heterocycles. The van der Waals surface area contributed by atoms with Crippen molar-refractivity contribution in [2.45, 2.75) is 26.2 Å². The van der Waals surface area contributed by atoms with Crippen molar-refractivity contribution < 1.29 is 9.59 Å². The van der Waals surface area contributed by atoms with Crippen molar-refractivity contribution in [3.8, 4) is 0 Å². The lowest BCUT2D eigenvalue weighted by atomic mass is 10.2. The highest BCUT2D eigenvalue weighted by Gasteiger charge is 2.10. The molecule has 2 N–H and O–H groups in total. The van der Waals surface area contributed by atoms with Gasteiger partial charge in [0.15, 0.2) is 0 Å². The van der Waals surface area contributed by atoms with Crippen molar-refractivity contribution in [3.63, 3.8) is 0 Å². The lowest BCUT2D eigenvalue weighted by molar-refractivity contribution is -0.120. The lowest BCUT2D eigenvalue weighted by Gasteiger charge is -2.07. The Morgan fingerprint density at radius 2 is 1.89 bits per heavy atom. The minimum absolute atomic E-state index is 0.00624. The molecule has 0 bridgehead atoms. The number of hydrogen-bond donors (Lipinski definition) is 2. The van der Waals surface area contributed by atoms with Crippen LogP contribution in [0.15, 0.2) is 28.7 Å². The first kappa shape index (κ1) is 15.7. The van der Waals surface area contributed by atoms with Crippen molar-refractivity contribution in [3.05, 3.63) is 34.3 Å². The molecule has 0 fully saturated rings. The molecule has 1 aromatic rings. The molecule has 0 aliphatic carbocycles. The molecule has 1 rings (SSSR count). The summed E-state index contributed by atoms with van der Waals surface area (Å²) in [4.78, 5) is 23.3. The molecule has 0 atom stereocenters. The number of halogens is 1. The molecule has 5 heteroatoms. The van der Waals surface area contributed by atoms with Crippen LogP contribution in [0, 0.1) is 0 Å². The lowest BCUT2D eigenvalue weighted by Crippen LogP contribution is -2.37. The van der Waals surface area contributed by atoms with E-state index in [0.29, 0.717) is 12.1 Å². The van der Waals surface area contributed by atoms with E-state index >= 15 is 0 Å². The van der Waals surface area contributed by atoms with Gasteiger partial charge in [-0.15, -0.1) is 0 Å². The van der Waals surface area contributed by atoms with Gasteiger partial charge in [0.2, 0.25) is 5.91 Å². The summed E-state index contributed by atoms with van der Waals surface area (Å²) in [5.41, 5.74) is 0.529. The van der Waals surface area contributed by atoms with Gasteiger partial charge in [0.1, 0.15) is 0 Å². The molecule has 0 aliphatic heterocycles. The average Bonchev–Trinajstić information content (AvgIpc) is 2.41. The molecule has 0 saturated heterocycles. The van der Waals surface area contributed by atoms with Crippen LogP contribution in [0.1, 0.15) is 36.5 Å². The van der Waals surface area contributed by atoms with Crippen LogP contribution in [0.2, 0.25) is 0 Å². The molecule has 0 aromatic heterocycles. The number of rotatable bonds is 7. The van der Waals surface area contributed by atoms with E-state index in [9.17, 15) is 9.59 Å². The van der Waals surface area contributed by atoms with Gasteiger partial charge >= 0.3 is 0 Å². The zero-order chi connectivity index (χ0) is 14.1. The summed E-state index contributed by atoms with van der Waals surface area (Å²) in [6.45, 7) is 2.78. The largest absolute Gasteiger partial charge is 0.355 e. The van der Waals surface area contributed by atoms with E-state index in [1.165, 1.54) is 0 Å². The van der Waals surface area contributed by atoms with E-state index in [4.69, 9.17) is 0 Å². The monoisotopic (exact) mass is 326 g/mol. The first-order valence-corrected chi connectivity index (χ1v) is 7.24. The highest BCUT2D eigenvalue weighted by atomic mass is 79.9. The summed E-state index contributed by atoms with van der Waals surface area (Å²) in [5, 5.41) is 5.37. The number of hydrogen-bond acceptors (Lipinski definition) is 2. The van der Waals surface area contributed by atoms with E-state index in [1.807, 2.05) is 6.07 Å². The van der Waals surface area contributed by atoms with Crippen LogP contribution in [0.4, 0.5) is 0 Å². The Morgan fingerprint density at radius 1 is 1.16 bits per heavy atom. The summed E-state index contributed by atoms with van der Waals surface area (Å²) < 4.78 is 0.718. The van der Waals surface area contributed by atoms with Crippen molar-refractivity contribution in [2.24, 2.45) is 0 Å². The maximum absolute atomic E-state index is 11.8. The van der Waals surface area contributed by atoms with E-state index < -0.39 is 0 Å². The van der Waals surface area contributed by atoms with Gasteiger partial charge in [0.25, 0.3) is 5.91 Å². The Kier molecular flexibility index (Phi) is 7.18. The van der Waals surface area contributed by atoms with Gasteiger partial charge in [-0.05, 0) is 34.5 Å². The van der Waals surface area contributed by atoms with Crippen molar-refractivity contribution in [2.75, 3.05) is 13.1 Å². The van der Waals surface area contributed by atoms with Crippen molar-refractivity contribution >= 4 is 27.7 Å². The Bertz CT molecular complexity index is 435. The second-order valence-corrected chi connectivity index (χ2v) is 5.07. The van der Waals surface area contributed by atoms with Crippen LogP contribution < -0.4 is 10.6 Å². The SMILES string of the molecule is CCCCCNC(=O)CNC(=O)c1ccccc1Br. The highest BCUT2D eigenvalue weighted by molar-refractivity contribution is 9.10. The summed E-state index contributed by atoms with van der Waals surface area (Å²) in [7, 11) is 0. The Balaban J connectivity index is 2.30. The number of nitrogens with one attached hydrogen (secondary N) is 2. The van der Waals surface area contributed by atoms with Crippen LogP contribution in [0.25, 0.3) is 0 Å². The number of carbonyl (C=O) groups excluding carboxylic acids is 2. The normalized spacial score (nSPS) is 10.0. The van der Waals surface area contributed by atoms with Gasteiger partial charge in [0, 0.05) is 11.0 Å². The van der Waals surface area contributed by atoms with Crippen molar-refractivity contribution in [1.82, 2.24) is 10.6 Å². The second kappa shape index (κ2) is 8.69. The number of benzene rings is 1. The Hall–Kier alpha value is -1.36. The molecule has 0 radical (unpaired) electrons. The predicted octanol–water partition coefficient (Wildman–Crippen LogP) is 2.49. The standard InChI is InChI=1S/C14H19BrN2O2/c1-2-3-6-9-16-13(18)10-17-14(19)11-7-4-5-8-12(11)15/h4-5,7-8H,2-3,6,9-10H2,1H3,(H,16,18)(H,17,19). The quantitative estimate of drug-likeness (QED) is 0.756. The Labute approximate surface area is 122 Å². The van der Waals surface area contributed by atoms with E-state index in [2.05, 4.69) is 33.5 Å². The van der Waals surface area contributed by atoms with E-state index in [1.54, 1.807) is 18.2 Å². The Morgan fingerprint density at radius 3 is 2.58 bits per heavy atom. The maximum atomic E-state index is 11.8. The molecule has 104 valence electrons. The topological polar surface area (TPSA) is 58.2 Å². The first-order chi connectivity index (χ1) is 9.15. The molecule has 0 aliphatic rings. The highest BCUT2D eigenvalue weighted by Crippen LogP contribution is 2.15.